The third-order valence-corrected chi connectivity index (χ3v) is 2.60. The van der Waals surface area contributed by atoms with Crippen molar-refractivity contribution >= 4 is 35.0 Å². The zero-order valence-corrected chi connectivity index (χ0v) is 10.1. The molecule has 1 aromatic rings. The maximum absolute atomic E-state index is 11.2. The minimum Gasteiger partial charge on any atom is -0.465 e. The van der Waals surface area contributed by atoms with E-state index in [4.69, 9.17) is 23.2 Å². The Morgan fingerprint density at radius 2 is 2.06 bits per heavy atom. The Kier molecular flexibility index (Phi) is 4.77. The number of methoxy groups -OCH3 is 1. The van der Waals surface area contributed by atoms with Gasteiger partial charge in [0.15, 0.2) is 5.78 Å². The number of benzene rings is 1. The number of esters is 1. The Hall–Kier alpha value is -1.06. The summed E-state index contributed by atoms with van der Waals surface area (Å²) < 4.78 is 4.55. The summed E-state index contributed by atoms with van der Waals surface area (Å²) in [6.07, 6.45) is 0.213. The van der Waals surface area contributed by atoms with Gasteiger partial charge in [0.05, 0.1) is 23.6 Å². The van der Waals surface area contributed by atoms with Crippen molar-refractivity contribution in [1.82, 2.24) is 0 Å². The number of carbonyl (C=O) groups excluding carboxylic acids is 2. The van der Waals surface area contributed by atoms with Crippen molar-refractivity contribution in [2.75, 3.05) is 13.0 Å². The first kappa shape index (κ1) is 13.0. The van der Waals surface area contributed by atoms with Crippen LogP contribution in [0.2, 0.25) is 5.02 Å². The standard InChI is InChI=1S/C11H10Cl2O3/c1-16-11(15)9-3-2-7(5-10(9)13)4-8(14)6-12/h2-3,5H,4,6H2,1H3. The maximum Gasteiger partial charge on any atom is 0.339 e. The summed E-state index contributed by atoms with van der Waals surface area (Å²) in [5, 5.41) is 0.270. The van der Waals surface area contributed by atoms with E-state index >= 15 is 0 Å². The Bertz CT molecular complexity index is 416. The van der Waals surface area contributed by atoms with Crippen LogP contribution in [0.25, 0.3) is 0 Å². The number of rotatable bonds is 4. The summed E-state index contributed by atoms with van der Waals surface area (Å²) in [4.78, 5) is 22.3. The van der Waals surface area contributed by atoms with Gasteiger partial charge >= 0.3 is 5.97 Å². The number of hydrogen-bond acceptors (Lipinski definition) is 3. The fourth-order valence-electron chi connectivity index (χ4n) is 1.22. The molecule has 86 valence electrons. The lowest BCUT2D eigenvalue weighted by Crippen LogP contribution is -2.06. The molecule has 0 radical (unpaired) electrons. The third kappa shape index (κ3) is 3.22. The Balaban J connectivity index is 2.91. The second-order valence-electron chi connectivity index (χ2n) is 3.15. The lowest BCUT2D eigenvalue weighted by Gasteiger charge is -2.04. The van der Waals surface area contributed by atoms with Crippen LogP contribution in [0.5, 0.6) is 0 Å². The quantitative estimate of drug-likeness (QED) is 0.617. The summed E-state index contributed by atoms with van der Waals surface area (Å²) in [7, 11) is 1.28. The molecule has 0 aliphatic rings. The molecule has 0 aliphatic carbocycles. The van der Waals surface area contributed by atoms with Crippen LogP contribution in [-0.2, 0) is 16.0 Å². The van der Waals surface area contributed by atoms with Crippen LogP contribution in [0, 0.1) is 0 Å². The van der Waals surface area contributed by atoms with Crippen LogP contribution in [0.4, 0.5) is 0 Å². The predicted molar refractivity (Wildman–Crippen MR) is 62.2 cm³/mol. The van der Waals surface area contributed by atoms with E-state index in [0.29, 0.717) is 0 Å². The highest BCUT2D eigenvalue weighted by atomic mass is 35.5. The molecule has 0 unspecified atom stereocenters. The maximum atomic E-state index is 11.2. The van der Waals surface area contributed by atoms with Crippen molar-refractivity contribution in [2.45, 2.75) is 6.42 Å². The van der Waals surface area contributed by atoms with E-state index in [9.17, 15) is 9.59 Å². The third-order valence-electron chi connectivity index (χ3n) is 1.99. The molecule has 0 bridgehead atoms. The van der Waals surface area contributed by atoms with Crippen LogP contribution < -0.4 is 0 Å². The van der Waals surface area contributed by atoms with Gasteiger partial charge < -0.3 is 4.74 Å². The summed E-state index contributed by atoms with van der Waals surface area (Å²) in [5.41, 5.74) is 1.01. The van der Waals surface area contributed by atoms with E-state index in [1.165, 1.54) is 13.2 Å². The van der Waals surface area contributed by atoms with Crippen LogP contribution >= 0.6 is 23.2 Å². The highest BCUT2D eigenvalue weighted by molar-refractivity contribution is 6.33. The molecule has 0 heterocycles. The van der Waals surface area contributed by atoms with E-state index in [-0.39, 0.29) is 28.7 Å². The fraction of sp³-hybridized carbons (Fsp3) is 0.273. The molecular formula is C11H10Cl2O3. The topological polar surface area (TPSA) is 43.4 Å². The number of ketones is 1. The SMILES string of the molecule is COC(=O)c1ccc(CC(=O)CCl)cc1Cl. The van der Waals surface area contributed by atoms with E-state index < -0.39 is 5.97 Å². The van der Waals surface area contributed by atoms with Gasteiger partial charge in [-0.25, -0.2) is 4.79 Å². The molecule has 1 rings (SSSR count). The lowest BCUT2D eigenvalue weighted by atomic mass is 10.1. The van der Waals surface area contributed by atoms with E-state index in [1.807, 2.05) is 0 Å². The van der Waals surface area contributed by atoms with Gasteiger partial charge in [-0.05, 0) is 17.7 Å². The van der Waals surface area contributed by atoms with Crippen molar-refractivity contribution in [3.05, 3.63) is 34.3 Å². The molecule has 0 fully saturated rings. The summed E-state index contributed by atoms with van der Waals surface area (Å²) in [6, 6.07) is 4.76. The Morgan fingerprint density at radius 3 is 2.56 bits per heavy atom. The van der Waals surface area contributed by atoms with Gasteiger partial charge in [-0.2, -0.15) is 0 Å². The molecule has 0 amide bonds. The molecule has 0 spiro atoms. The van der Waals surface area contributed by atoms with Crippen LogP contribution in [-0.4, -0.2) is 24.7 Å². The zero-order chi connectivity index (χ0) is 12.1. The molecule has 3 nitrogen and oxygen atoms in total. The first-order valence-corrected chi connectivity index (χ1v) is 5.44. The van der Waals surface area contributed by atoms with Crippen molar-refractivity contribution in [1.29, 1.82) is 0 Å². The van der Waals surface area contributed by atoms with Crippen molar-refractivity contribution in [3.8, 4) is 0 Å². The first-order chi connectivity index (χ1) is 7.58. The Morgan fingerprint density at radius 1 is 1.38 bits per heavy atom. The largest absolute Gasteiger partial charge is 0.465 e. The number of ether oxygens (including phenoxy) is 1. The van der Waals surface area contributed by atoms with Gasteiger partial charge in [0.1, 0.15) is 0 Å². The summed E-state index contributed by atoms with van der Waals surface area (Å²) >= 11 is 11.3. The molecule has 0 aromatic heterocycles. The molecule has 0 aliphatic heterocycles. The number of hydrogen-bond donors (Lipinski definition) is 0. The summed E-state index contributed by atoms with van der Waals surface area (Å²) in [5.74, 6) is -0.625. The van der Waals surface area contributed by atoms with E-state index in [0.717, 1.165) is 5.56 Å². The first-order valence-electron chi connectivity index (χ1n) is 4.53. The average molecular weight is 261 g/mol. The molecule has 0 saturated carbocycles. The number of halogens is 2. The molecule has 0 N–H and O–H groups in total. The molecule has 0 saturated heterocycles. The second kappa shape index (κ2) is 5.87. The molecule has 5 heteroatoms. The van der Waals surface area contributed by atoms with Crippen LogP contribution in [0.1, 0.15) is 15.9 Å². The van der Waals surface area contributed by atoms with Gasteiger partial charge in [-0.3, -0.25) is 4.79 Å². The van der Waals surface area contributed by atoms with Crippen LogP contribution in [0.3, 0.4) is 0 Å². The highest BCUT2D eigenvalue weighted by Crippen LogP contribution is 2.19. The second-order valence-corrected chi connectivity index (χ2v) is 3.83. The lowest BCUT2D eigenvalue weighted by molar-refractivity contribution is -0.116. The molecule has 1 aromatic carbocycles. The number of alkyl halides is 1. The molecular weight excluding hydrogens is 251 g/mol. The monoisotopic (exact) mass is 260 g/mol. The van der Waals surface area contributed by atoms with Gasteiger partial charge in [0, 0.05) is 6.42 Å². The van der Waals surface area contributed by atoms with E-state index in [1.54, 1.807) is 12.1 Å². The minimum absolute atomic E-state index is 0.0314. The average Bonchev–Trinajstić information content (AvgIpc) is 2.28. The Labute approximate surface area is 103 Å². The highest BCUT2D eigenvalue weighted by Gasteiger charge is 2.11. The van der Waals surface area contributed by atoms with Gasteiger partial charge in [-0.15, -0.1) is 11.6 Å². The van der Waals surface area contributed by atoms with E-state index in [2.05, 4.69) is 4.74 Å². The van der Waals surface area contributed by atoms with Gasteiger partial charge in [0.2, 0.25) is 0 Å². The zero-order valence-electron chi connectivity index (χ0n) is 8.63. The predicted octanol–water partition coefficient (Wildman–Crippen LogP) is 2.48. The molecule has 16 heavy (non-hydrogen) atoms. The van der Waals surface area contributed by atoms with Crippen LogP contribution in [0.15, 0.2) is 18.2 Å². The normalized spacial score (nSPS) is 9.94. The number of Topliss-reactive ketones (excluding diaryl/α,β-unsaturated/α-hetero) is 1. The minimum atomic E-state index is -0.500. The van der Waals surface area contributed by atoms with Crippen molar-refractivity contribution in [2.24, 2.45) is 0 Å². The van der Waals surface area contributed by atoms with Crippen molar-refractivity contribution in [3.63, 3.8) is 0 Å². The van der Waals surface area contributed by atoms with Gasteiger partial charge in [0.25, 0.3) is 0 Å². The molecule has 0 atom stereocenters. The summed E-state index contributed by atoms with van der Waals surface area (Å²) in [6.45, 7) is 0. The number of carbonyl (C=O) groups is 2. The van der Waals surface area contributed by atoms with Crippen molar-refractivity contribution < 1.29 is 14.3 Å². The fourth-order valence-corrected chi connectivity index (χ4v) is 1.59. The van der Waals surface area contributed by atoms with Gasteiger partial charge in [-0.1, -0.05) is 17.7 Å². The smallest absolute Gasteiger partial charge is 0.339 e.